The van der Waals surface area contributed by atoms with Crippen LogP contribution in [0.1, 0.15) is 40.0 Å². The van der Waals surface area contributed by atoms with E-state index in [1.54, 1.807) is 20.8 Å². The number of carbonyl (C=O) groups excluding carboxylic acids is 1. The molecule has 1 aliphatic rings. The minimum atomic E-state index is -2.67. The summed E-state index contributed by atoms with van der Waals surface area (Å²) in [5.74, 6) is -1.22. The first kappa shape index (κ1) is 16.7. The van der Waals surface area contributed by atoms with Crippen molar-refractivity contribution in [3.05, 3.63) is 0 Å². The molecule has 0 bridgehead atoms. The van der Waals surface area contributed by atoms with Crippen molar-refractivity contribution in [2.45, 2.75) is 52.1 Å². The highest BCUT2D eigenvalue weighted by Gasteiger charge is 2.44. The summed E-state index contributed by atoms with van der Waals surface area (Å²) in [6, 6.07) is 0. The Morgan fingerprint density at radius 2 is 1.80 bits per heavy atom. The van der Waals surface area contributed by atoms with E-state index in [1.165, 1.54) is 4.90 Å². The summed E-state index contributed by atoms with van der Waals surface area (Å²) >= 11 is 0. The van der Waals surface area contributed by atoms with Crippen molar-refractivity contribution in [1.82, 2.24) is 4.90 Å². The molecule has 0 atom stereocenters. The summed E-state index contributed by atoms with van der Waals surface area (Å²) in [6.07, 6.45) is -3.84. The van der Waals surface area contributed by atoms with E-state index in [-0.39, 0.29) is 25.9 Å². The van der Waals surface area contributed by atoms with Crippen LogP contribution in [0.4, 0.5) is 13.6 Å². The van der Waals surface area contributed by atoms with Crippen LogP contribution in [0.2, 0.25) is 0 Å². The van der Waals surface area contributed by atoms with Crippen LogP contribution in [0.5, 0.6) is 0 Å². The first-order valence-corrected chi connectivity index (χ1v) is 6.55. The Balaban J connectivity index is 2.65. The first-order chi connectivity index (χ1) is 9.06. The van der Waals surface area contributed by atoms with Gasteiger partial charge in [0, 0.05) is 19.5 Å². The average Bonchev–Trinajstić information content (AvgIpc) is 2.26. The van der Waals surface area contributed by atoms with E-state index in [0.717, 1.165) is 0 Å². The van der Waals surface area contributed by atoms with Gasteiger partial charge in [0.15, 0.2) is 0 Å². The lowest BCUT2D eigenvalue weighted by Gasteiger charge is -2.39. The van der Waals surface area contributed by atoms with Crippen LogP contribution in [-0.2, 0) is 9.53 Å². The smallest absolute Gasteiger partial charge is 0.410 e. The van der Waals surface area contributed by atoms with Gasteiger partial charge in [0.25, 0.3) is 0 Å². The molecule has 0 radical (unpaired) electrons. The molecule has 0 unspecified atom stereocenters. The minimum Gasteiger partial charge on any atom is -0.481 e. The van der Waals surface area contributed by atoms with E-state index in [9.17, 15) is 23.5 Å². The molecular formula is C13H21F2NO4. The number of carboxylic acid groups (broad SMARTS) is 1. The summed E-state index contributed by atoms with van der Waals surface area (Å²) < 4.78 is 30.2. The topological polar surface area (TPSA) is 66.8 Å². The minimum absolute atomic E-state index is 0.0198. The molecule has 0 saturated carbocycles. The van der Waals surface area contributed by atoms with Gasteiger partial charge in [-0.15, -0.1) is 0 Å². The fourth-order valence-electron chi connectivity index (χ4n) is 2.24. The Morgan fingerprint density at radius 1 is 1.30 bits per heavy atom. The number of piperidine rings is 1. The van der Waals surface area contributed by atoms with Gasteiger partial charge in [-0.25, -0.2) is 13.6 Å². The first-order valence-electron chi connectivity index (χ1n) is 6.55. The molecule has 1 fully saturated rings. The van der Waals surface area contributed by atoms with Crippen molar-refractivity contribution in [3.8, 4) is 0 Å². The van der Waals surface area contributed by atoms with Crippen molar-refractivity contribution < 1.29 is 28.2 Å². The number of likely N-dealkylation sites (tertiary alicyclic amines) is 1. The van der Waals surface area contributed by atoms with Crippen molar-refractivity contribution in [3.63, 3.8) is 0 Å². The van der Waals surface area contributed by atoms with Crippen molar-refractivity contribution in [1.29, 1.82) is 0 Å². The van der Waals surface area contributed by atoms with Gasteiger partial charge in [0.2, 0.25) is 6.43 Å². The third-order valence-electron chi connectivity index (χ3n) is 3.37. The second kappa shape index (κ2) is 5.93. The zero-order valence-electron chi connectivity index (χ0n) is 12.0. The molecule has 1 rings (SSSR count). The molecule has 1 N–H and O–H groups in total. The predicted octanol–water partition coefficient (Wildman–Crippen LogP) is 2.74. The average molecular weight is 293 g/mol. The van der Waals surface area contributed by atoms with Crippen molar-refractivity contribution >= 4 is 12.1 Å². The number of hydrogen-bond acceptors (Lipinski definition) is 3. The SMILES string of the molecule is CC(C)(C)OC(=O)N1CCC(CC(F)F)(C(=O)O)CC1. The molecule has 0 aromatic carbocycles. The predicted molar refractivity (Wildman–Crippen MR) is 67.7 cm³/mol. The second-order valence-electron chi connectivity index (χ2n) is 6.15. The molecule has 116 valence electrons. The highest BCUT2D eigenvalue weighted by molar-refractivity contribution is 5.75. The lowest BCUT2D eigenvalue weighted by Crippen LogP contribution is -2.48. The van der Waals surface area contributed by atoms with Gasteiger partial charge < -0.3 is 14.7 Å². The maximum absolute atomic E-state index is 12.5. The second-order valence-corrected chi connectivity index (χ2v) is 6.15. The number of nitrogens with zero attached hydrogens (tertiary/aromatic N) is 1. The Hall–Kier alpha value is -1.40. The quantitative estimate of drug-likeness (QED) is 0.869. The Kier molecular flexibility index (Phi) is 4.94. The van der Waals surface area contributed by atoms with Gasteiger partial charge >= 0.3 is 12.1 Å². The van der Waals surface area contributed by atoms with Gasteiger partial charge in [-0.05, 0) is 33.6 Å². The number of halogens is 2. The van der Waals surface area contributed by atoms with E-state index in [0.29, 0.717) is 0 Å². The number of ether oxygens (including phenoxy) is 1. The van der Waals surface area contributed by atoms with Gasteiger partial charge in [0.05, 0.1) is 5.41 Å². The summed E-state index contributed by atoms with van der Waals surface area (Å²) in [5, 5.41) is 9.18. The van der Waals surface area contributed by atoms with E-state index >= 15 is 0 Å². The molecule has 5 nitrogen and oxygen atoms in total. The van der Waals surface area contributed by atoms with Crippen LogP contribution >= 0.6 is 0 Å². The van der Waals surface area contributed by atoms with Crippen LogP contribution in [0, 0.1) is 5.41 Å². The number of aliphatic carboxylic acids is 1. The van der Waals surface area contributed by atoms with Crippen LogP contribution < -0.4 is 0 Å². The number of carboxylic acids is 1. The number of carbonyl (C=O) groups is 2. The monoisotopic (exact) mass is 293 g/mol. The third-order valence-corrected chi connectivity index (χ3v) is 3.37. The largest absolute Gasteiger partial charge is 0.481 e. The van der Waals surface area contributed by atoms with Crippen molar-refractivity contribution in [2.75, 3.05) is 13.1 Å². The number of alkyl halides is 2. The molecule has 20 heavy (non-hydrogen) atoms. The molecule has 7 heteroatoms. The van der Waals surface area contributed by atoms with Crippen LogP contribution in [0.25, 0.3) is 0 Å². The van der Waals surface area contributed by atoms with Gasteiger partial charge in [-0.3, -0.25) is 4.79 Å². The normalized spacial score (nSPS) is 19.0. The zero-order chi connectivity index (χ0) is 15.6. The number of rotatable bonds is 3. The van der Waals surface area contributed by atoms with Crippen LogP contribution in [0.3, 0.4) is 0 Å². The maximum Gasteiger partial charge on any atom is 0.410 e. The highest BCUT2D eigenvalue weighted by atomic mass is 19.3. The summed E-state index contributed by atoms with van der Waals surface area (Å²) in [5.41, 5.74) is -2.08. The van der Waals surface area contributed by atoms with E-state index in [2.05, 4.69) is 0 Å². The third kappa shape index (κ3) is 4.31. The zero-order valence-corrected chi connectivity index (χ0v) is 12.0. The number of amides is 1. The lowest BCUT2D eigenvalue weighted by atomic mass is 9.76. The van der Waals surface area contributed by atoms with Crippen molar-refractivity contribution in [2.24, 2.45) is 5.41 Å². The molecule has 0 aromatic heterocycles. The van der Waals surface area contributed by atoms with Gasteiger partial charge in [-0.2, -0.15) is 0 Å². The maximum atomic E-state index is 12.5. The summed E-state index contributed by atoms with van der Waals surface area (Å²) in [6.45, 7) is 5.43. The van der Waals surface area contributed by atoms with Gasteiger partial charge in [-0.1, -0.05) is 0 Å². The fraction of sp³-hybridized carbons (Fsp3) is 0.846. The molecule has 0 aromatic rings. The molecular weight excluding hydrogens is 272 g/mol. The van der Waals surface area contributed by atoms with E-state index < -0.39 is 35.9 Å². The molecule has 0 spiro atoms. The molecule has 1 aliphatic heterocycles. The molecule has 0 aliphatic carbocycles. The molecule has 1 heterocycles. The summed E-state index contributed by atoms with van der Waals surface area (Å²) in [7, 11) is 0. The summed E-state index contributed by atoms with van der Waals surface area (Å²) in [4.78, 5) is 24.4. The fourth-order valence-corrected chi connectivity index (χ4v) is 2.24. The van der Waals surface area contributed by atoms with E-state index in [4.69, 9.17) is 4.74 Å². The number of hydrogen-bond donors (Lipinski definition) is 1. The van der Waals surface area contributed by atoms with Gasteiger partial charge in [0.1, 0.15) is 5.60 Å². The van der Waals surface area contributed by atoms with E-state index in [1.807, 2.05) is 0 Å². The lowest BCUT2D eigenvalue weighted by molar-refractivity contribution is -0.155. The Bertz CT molecular complexity index is 371. The highest BCUT2D eigenvalue weighted by Crippen LogP contribution is 2.37. The Morgan fingerprint density at radius 3 is 2.15 bits per heavy atom. The van der Waals surface area contributed by atoms with Crippen LogP contribution in [-0.4, -0.2) is 47.2 Å². The molecule has 1 saturated heterocycles. The Labute approximate surface area is 116 Å². The molecule has 1 amide bonds. The standard InChI is InChI=1S/C13H21F2NO4/c1-12(2,3)20-11(19)16-6-4-13(5-7-16,10(17)18)8-9(14)15/h9H,4-8H2,1-3H3,(H,17,18). The van der Waals surface area contributed by atoms with Crippen LogP contribution in [0.15, 0.2) is 0 Å².